The number of fused-ring (bicyclic) bond motifs is 2. The fourth-order valence-corrected chi connectivity index (χ4v) is 3.20. The molecular formula is C19H25N3O. The third kappa shape index (κ3) is 3.03. The summed E-state index contributed by atoms with van der Waals surface area (Å²) < 4.78 is 5.94. The van der Waals surface area contributed by atoms with Crippen LogP contribution in [-0.4, -0.2) is 23.6 Å². The van der Waals surface area contributed by atoms with Gasteiger partial charge in [-0.15, -0.1) is 0 Å². The fourth-order valence-electron chi connectivity index (χ4n) is 3.20. The summed E-state index contributed by atoms with van der Waals surface area (Å²) in [6, 6.07) is 6.64. The minimum Gasteiger partial charge on any atom is -0.477 e. The fraction of sp³-hybridized carbons (Fsp3) is 0.474. The molecule has 0 spiro atoms. The Morgan fingerprint density at radius 3 is 2.91 bits per heavy atom. The first kappa shape index (κ1) is 15.8. The Labute approximate surface area is 138 Å². The van der Waals surface area contributed by atoms with E-state index in [0.717, 1.165) is 36.5 Å². The molecule has 1 aromatic heterocycles. The molecule has 122 valence electrons. The molecule has 0 radical (unpaired) electrons. The molecule has 0 saturated heterocycles. The molecule has 3 rings (SSSR count). The Bertz CT molecular complexity index is 699. The monoisotopic (exact) mass is 311 g/mol. The van der Waals surface area contributed by atoms with E-state index >= 15 is 0 Å². The van der Waals surface area contributed by atoms with E-state index in [9.17, 15) is 0 Å². The Hall–Kier alpha value is -2.10. The van der Waals surface area contributed by atoms with Crippen molar-refractivity contribution in [3.05, 3.63) is 41.2 Å². The third-order valence-electron chi connectivity index (χ3n) is 4.52. The van der Waals surface area contributed by atoms with Crippen molar-refractivity contribution in [3.8, 4) is 5.88 Å². The summed E-state index contributed by atoms with van der Waals surface area (Å²) in [5.74, 6) is 2.11. The summed E-state index contributed by atoms with van der Waals surface area (Å²) in [4.78, 5) is 11.1. The topological polar surface area (TPSA) is 38.3 Å². The molecule has 1 aliphatic rings. The van der Waals surface area contributed by atoms with Gasteiger partial charge in [-0.3, -0.25) is 0 Å². The van der Waals surface area contributed by atoms with Crippen molar-refractivity contribution in [1.82, 2.24) is 9.97 Å². The van der Waals surface area contributed by atoms with Crippen LogP contribution in [0.4, 0.5) is 11.5 Å². The minimum atomic E-state index is 0.410. The smallest absolute Gasteiger partial charge is 0.221 e. The SMILES string of the molecule is CCCCOc1ncnc2c1CC(C)c1cc(C)ccc1N2C. The first-order valence-corrected chi connectivity index (χ1v) is 8.42. The average Bonchev–Trinajstić information content (AvgIpc) is 2.65. The van der Waals surface area contributed by atoms with Crippen LogP contribution in [0, 0.1) is 6.92 Å². The lowest BCUT2D eigenvalue weighted by Gasteiger charge is -2.21. The van der Waals surface area contributed by atoms with Crippen molar-refractivity contribution in [2.45, 2.75) is 46.0 Å². The molecule has 1 aromatic carbocycles. The summed E-state index contributed by atoms with van der Waals surface area (Å²) in [5.41, 5.74) is 5.00. The highest BCUT2D eigenvalue weighted by Gasteiger charge is 2.26. The van der Waals surface area contributed by atoms with Crippen molar-refractivity contribution in [1.29, 1.82) is 0 Å². The highest BCUT2D eigenvalue weighted by molar-refractivity contribution is 5.70. The summed E-state index contributed by atoms with van der Waals surface area (Å²) >= 11 is 0. The van der Waals surface area contributed by atoms with Crippen LogP contribution in [0.15, 0.2) is 24.5 Å². The van der Waals surface area contributed by atoms with E-state index in [2.05, 4.69) is 60.9 Å². The van der Waals surface area contributed by atoms with Crippen LogP contribution in [0.1, 0.15) is 49.3 Å². The van der Waals surface area contributed by atoms with Crippen molar-refractivity contribution < 1.29 is 4.74 Å². The van der Waals surface area contributed by atoms with E-state index in [-0.39, 0.29) is 0 Å². The molecular weight excluding hydrogens is 286 g/mol. The van der Waals surface area contributed by atoms with Gasteiger partial charge in [0, 0.05) is 12.7 Å². The van der Waals surface area contributed by atoms with Gasteiger partial charge >= 0.3 is 0 Å². The molecule has 4 heteroatoms. The number of ether oxygens (including phenoxy) is 1. The summed E-state index contributed by atoms with van der Waals surface area (Å²) in [6.45, 7) is 7.29. The average molecular weight is 311 g/mol. The van der Waals surface area contributed by atoms with Crippen molar-refractivity contribution in [2.75, 3.05) is 18.6 Å². The van der Waals surface area contributed by atoms with Gasteiger partial charge in [0.05, 0.1) is 12.2 Å². The molecule has 4 nitrogen and oxygen atoms in total. The van der Waals surface area contributed by atoms with Gasteiger partial charge in [-0.05, 0) is 37.3 Å². The van der Waals surface area contributed by atoms with Crippen LogP contribution in [-0.2, 0) is 6.42 Å². The number of hydrogen-bond acceptors (Lipinski definition) is 4. The lowest BCUT2D eigenvalue weighted by Crippen LogP contribution is -2.14. The van der Waals surface area contributed by atoms with Crippen LogP contribution in [0.25, 0.3) is 0 Å². The molecule has 0 amide bonds. The van der Waals surface area contributed by atoms with Gasteiger partial charge in [0.25, 0.3) is 0 Å². The van der Waals surface area contributed by atoms with Crippen LogP contribution >= 0.6 is 0 Å². The number of aromatic nitrogens is 2. The van der Waals surface area contributed by atoms with Crippen molar-refractivity contribution in [2.24, 2.45) is 0 Å². The molecule has 0 bridgehead atoms. The van der Waals surface area contributed by atoms with Crippen molar-refractivity contribution >= 4 is 11.5 Å². The maximum absolute atomic E-state index is 5.94. The van der Waals surface area contributed by atoms with Gasteiger partial charge in [0.1, 0.15) is 12.1 Å². The second-order valence-corrected chi connectivity index (χ2v) is 6.41. The minimum absolute atomic E-state index is 0.410. The summed E-state index contributed by atoms with van der Waals surface area (Å²) in [6.07, 6.45) is 4.68. The molecule has 1 aliphatic heterocycles. The van der Waals surface area contributed by atoms with Gasteiger partial charge in [-0.25, -0.2) is 9.97 Å². The second-order valence-electron chi connectivity index (χ2n) is 6.41. The Kier molecular flexibility index (Phi) is 4.51. The molecule has 1 atom stereocenters. The van der Waals surface area contributed by atoms with Gasteiger partial charge < -0.3 is 9.64 Å². The van der Waals surface area contributed by atoms with Crippen LogP contribution in [0.2, 0.25) is 0 Å². The maximum Gasteiger partial charge on any atom is 0.221 e. The zero-order valence-corrected chi connectivity index (χ0v) is 14.5. The predicted molar refractivity (Wildman–Crippen MR) is 93.8 cm³/mol. The zero-order chi connectivity index (χ0) is 16.4. The molecule has 0 N–H and O–H groups in total. The molecule has 2 heterocycles. The second kappa shape index (κ2) is 6.57. The number of rotatable bonds is 4. The van der Waals surface area contributed by atoms with E-state index in [4.69, 9.17) is 4.74 Å². The van der Waals surface area contributed by atoms with E-state index in [1.165, 1.54) is 16.8 Å². The van der Waals surface area contributed by atoms with Crippen LogP contribution in [0.3, 0.4) is 0 Å². The Morgan fingerprint density at radius 2 is 2.13 bits per heavy atom. The number of aryl methyl sites for hydroxylation is 1. The third-order valence-corrected chi connectivity index (χ3v) is 4.52. The molecule has 2 aromatic rings. The number of nitrogens with zero attached hydrogens (tertiary/aromatic N) is 3. The molecule has 0 saturated carbocycles. The number of anilines is 2. The van der Waals surface area contributed by atoms with Gasteiger partial charge in [0.2, 0.25) is 5.88 Å². The largest absolute Gasteiger partial charge is 0.477 e. The quantitative estimate of drug-likeness (QED) is 0.785. The summed E-state index contributed by atoms with van der Waals surface area (Å²) in [5, 5.41) is 0. The first-order chi connectivity index (χ1) is 11.1. The molecule has 0 fully saturated rings. The van der Waals surface area contributed by atoms with Crippen molar-refractivity contribution in [3.63, 3.8) is 0 Å². The predicted octanol–water partition coefficient (Wildman–Crippen LogP) is 4.39. The lowest BCUT2D eigenvalue weighted by atomic mass is 9.93. The normalized spacial score (nSPS) is 16.5. The van der Waals surface area contributed by atoms with E-state index in [0.29, 0.717) is 12.5 Å². The van der Waals surface area contributed by atoms with Gasteiger partial charge in [0.15, 0.2) is 0 Å². The molecule has 0 aliphatic carbocycles. The van der Waals surface area contributed by atoms with Gasteiger partial charge in [-0.1, -0.05) is 38.0 Å². The molecule has 1 unspecified atom stereocenters. The highest BCUT2D eigenvalue weighted by atomic mass is 16.5. The maximum atomic E-state index is 5.94. The number of unbranched alkanes of at least 4 members (excludes halogenated alkanes) is 1. The Balaban J connectivity index is 2.03. The first-order valence-electron chi connectivity index (χ1n) is 8.42. The standard InChI is InChI=1S/C19H25N3O/c1-5-6-9-23-19-16-11-14(3)15-10-13(2)7-8-17(15)22(4)18(16)20-12-21-19/h7-8,10,12,14H,5-6,9,11H2,1-4H3. The van der Waals surface area contributed by atoms with E-state index in [1.54, 1.807) is 6.33 Å². The lowest BCUT2D eigenvalue weighted by molar-refractivity contribution is 0.293. The number of hydrogen-bond donors (Lipinski definition) is 0. The van der Waals surface area contributed by atoms with E-state index < -0.39 is 0 Å². The van der Waals surface area contributed by atoms with E-state index in [1.807, 2.05) is 0 Å². The number of benzene rings is 1. The van der Waals surface area contributed by atoms with Gasteiger partial charge in [-0.2, -0.15) is 0 Å². The van der Waals surface area contributed by atoms with Crippen LogP contribution in [0.5, 0.6) is 5.88 Å². The molecule has 23 heavy (non-hydrogen) atoms. The Morgan fingerprint density at radius 1 is 1.30 bits per heavy atom. The summed E-state index contributed by atoms with van der Waals surface area (Å²) in [7, 11) is 2.08. The highest BCUT2D eigenvalue weighted by Crippen LogP contribution is 2.41. The zero-order valence-electron chi connectivity index (χ0n) is 14.5. The van der Waals surface area contributed by atoms with Crippen LogP contribution < -0.4 is 9.64 Å².